The average molecular weight is 200 g/mol. The minimum atomic E-state index is -0.211. The lowest BCUT2D eigenvalue weighted by Gasteiger charge is -2.14. The maximum absolute atomic E-state index is 8.76. The van der Waals surface area contributed by atoms with Crippen molar-refractivity contribution in [1.82, 2.24) is 5.32 Å². The average Bonchev–Trinajstić information content (AvgIpc) is 2.15. The lowest BCUT2D eigenvalue weighted by atomic mass is 10.3. The van der Waals surface area contributed by atoms with Crippen LogP contribution in [0.1, 0.15) is 20.3 Å². The fraction of sp³-hybridized carbons (Fsp3) is 0.900. The van der Waals surface area contributed by atoms with Gasteiger partial charge in [0.1, 0.15) is 6.04 Å². The number of hydrogen-bond donors (Lipinski definition) is 1. The number of nitriles is 1. The number of ether oxygens (including phenoxy) is 2. The number of nitrogens with one attached hydrogen (secondary N) is 1. The van der Waals surface area contributed by atoms with Crippen LogP contribution in [-0.2, 0) is 9.47 Å². The van der Waals surface area contributed by atoms with E-state index in [4.69, 9.17) is 14.7 Å². The number of nitrogens with zero attached hydrogens (tertiary/aromatic N) is 1. The molecule has 1 N–H and O–H groups in total. The molecule has 0 aromatic rings. The van der Waals surface area contributed by atoms with E-state index in [1.807, 2.05) is 13.8 Å². The molecule has 0 heterocycles. The third kappa shape index (κ3) is 7.99. The summed E-state index contributed by atoms with van der Waals surface area (Å²) in [6, 6.07) is 2.25. The molecule has 0 aromatic carbocycles. The first kappa shape index (κ1) is 13.4. The van der Waals surface area contributed by atoms with Crippen LogP contribution in [0.15, 0.2) is 0 Å². The summed E-state index contributed by atoms with van der Waals surface area (Å²) in [4.78, 5) is 0. The number of hydrogen-bond acceptors (Lipinski definition) is 4. The van der Waals surface area contributed by atoms with Crippen molar-refractivity contribution in [2.75, 3.05) is 26.9 Å². The smallest absolute Gasteiger partial charge is 0.119 e. The lowest BCUT2D eigenvalue weighted by Crippen LogP contribution is -2.37. The molecule has 0 spiro atoms. The minimum absolute atomic E-state index is 0.211. The van der Waals surface area contributed by atoms with Crippen molar-refractivity contribution >= 4 is 0 Å². The van der Waals surface area contributed by atoms with Crippen molar-refractivity contribution in [3.05, 3.63) is 0 Å². The van der Waals surface area contributed by atoms with Crippen molar-refractivity contribution in [2.45, 2.75) is 32.4 Å². The normalized spacial score (nSPS) is 12.8. The Labute approximate surface area is 86.2 Å². The van der Waals surface area contributed by atoms with E-state index >= 15 is 0 Å². The standard InChI is InChI=1S/C10H20N2O2/c1-9(2)12-10(7-11)8-14-6-4-5-13-3/h9-10,12H,4-6,8H2,1-3H3. The van der Waals surface area contributed by atoms with E-state index in [2.05, 4.69) is 11.4 Å². The molecule has 4 nitrogen and oxygen atoms in total. The summed E-state index contributed by atoms with van der Waals surface area (Å²) in [7, 11) is 1.67. The Morgan fingerprint density at radius 2 is 2.07 bits per heavy atom. The van der Waals surface area contributed by atoms with Crippen LogP contribution >= 0.6 is 0 Å². The Bertz CT molecular complexity index is 166. The second-order valence-electron chi connectivity index (χ2n) is 3.42. The summed E-state index contributed by atoms with van der Waals surface area (Å²) in [6.07, 6.45) is 0.871. The molecule has 0 amide bonds. The summed E-state index contributed by atoms with van der Waals surface area (Å²) in [5.74, 6) is 0. The molecule has 0 aromatic heterocycles. The molecule has 1 unspecified atom stereocenters. The van der Waals surface area contributed by atoms with Gasteiger partial charge in [0.05, 0.1) is 12.7 Å². The third-order valence-electron chi connectivity index (χ3n) is 1.61. The number of methoxy groups -OCH3 is 1. The Balaban J connectivity index is 3.40. The van der Waals surface area contributed by atoms with Crippen molar-refractivity contribution in [3.63, 3.8) is 0 Å². The molecule has 4 heteroatoms. The van der Waals surface area contributed by atoms with E-state index in [0.717, 1.165) is 6.42 Å². The second-order valence-corrected chi connectivity index (χ2v) is 3.42. The second kappa shape index (κ2) is 8.95. The molecule has 14 heavy (non-hydrogen) atoms. The Morgan fingerprint density at radius 1 is 1.36 bits per heavy atom. The summed E-state index contributed by atoms with van der Waals surface area (Å²) < 4.78 is 10.2. The topological polar surface area (TPSA) is 54.3 Å². The van der Waals surface area contributed by atoms with Gasteiger partial charge in [-0.05, 0) is 20.3 Å². The lowest BCUT2D eigenvalue weighted by molar-refractivity contribution is 0.0945. The predicted molar refractivity (Wildman–Crippen MR) is 55.0 cm³/mol. The van der Waals surface area contributed by atoms with Gasteiger partial charge in [0.25, 0.3) is 0 Å². The molecule has 0 saturated carbocycles. The van der Waals surface area contributed by atoms with Crippen LogP contribution in [0.2, 0.25) is 0 Å². The van der Waals surface area contributed by atoms with E-state index < -0.39 is 0 Å². The quantitative estimate of drug-likeness (QED) is 0.592. The maximum atomic E-state index is 8.76. The zero-order valence-electron chi connectivity index (χ0n) is 9.25. The molecular formula is C10H20N2O2. The first-order valence-corrected chi connectivity index (χ1v) is 4.93. The summed E-state index contributed by atoms with van der Waals surface area (Å²) in [5.41, 5.74) is 0. The SMILES string of the molecule is COCCCOCC(C#N)NC(C)C. The van der Waals surface area contributed by atoms with Crippen LogP contribution in [0.3, 0.4) is 0 Å². The van der Waals surface area contributed by atoms with Gasteiger partial charge in [0.15, 0.2) is 0 Å². The zero-order chi connectivity index (χ0) is 10.8. The van der Waals surface area contributed by atoms with Crippen molar-refractivity contribution < 1.29 is 9.47 Å². The van der Waals surface area contributed by atoms with Crippen LogP contribution in [0.4, 0.5) is 0 Å². The molecule has 0 rings (SSSR count). The zero-order valence-corrected chi connectivity index (χ0v) is 9.25. The first-order valence-electron chi connectivity index (χ1n) is 4.93. The highest BCUT2D eigenvalue weighted by molar-refractivity contribution is 4.90. The predicted octanol–water partition coefficient (Wildman–Crippen LogP) is 0.930. The fourth-order valence-corrected chi connectivity index (χ4v) is 1.03. The van der Waals surface area contributed by atoms with Crippen molar-refractivity contribution in [1.29, 1.82) is 5.26 Å². The van der Waals surface area contributed by atoms with Crippen molar-refractivity contribution in [3.8, 4) is 6.07 Å². The van der Waals surface area contributed by atoms with Gasteiger partial charge in [-0.25, -0.2) is 0 Å². The fourth-order valence-electron chi connectivity index (χ4n) is 1.03. The summed E-state index contributed by atoms with van der Waals surface area (Å²) in [6.45, 7) is 5.81. The van der Waals surface area contributed by atoms with Gasteiger partial charge in [0, 0.05) is 26.4 Å². The Hall–Kier alpha value is -0.630. The van der Waals surface area contributed by atoms with E-state index in [9.17, 15) is 0 Å². The molecule has 1 atom stereocenters. The Morgan fingerprint density at radius 3 is 2.57 bits per heavy atom. The first-order chi connectivity index (χ1) is 6.70. The van der Waals surface area contributed by atoms with Crippen LogP contribution in [0.5, 0.6) is 0 Å². The monoisotopic (exact) mass is 200 g/mol. The van der Waals surface area contributed by atoms with Crippen molar-refractivity contribution in [2.24, 2.45) is 0 Å². The minimum Gasteiger partial charge on any atom is -0.385 e. The van der Waals surface area contributed by atoms with Gasteiger partial charge in [-0.1, -0.05) is 0 Å². The molecule has 0 aliphatic carbocycles. The summed E-state index contributed by atoms with van der Waals surface area (Å²) >= 11 is 0. The highest BCUT2D eigenvalue weighted by Gasteiger charge is 2.07. The molecule has 0 bridgehead atoms. The molecule has 82 valence electrons. The Kier molecular flexibility index (Phi) is 8.54. The van der Waals surface area contributed by atoms with Gasteiger partial charge in [-0.15, -0.1) is 0 Å². The molecule has 0 fully saturated rings. The molecule has 0 radical (unpaired) electrons. The van der Waals surface area contributed by atoms with Crippen LogP contribution < -0.4 is 5.32 Å². The third-order valence-corrected chi connectivity index (χ3v) is 1.61. The van der Waals surface area contributed by atoms with Crippen LogP contribution in [-0.4, -0.2) is 39.0 Å². The van der Waals surface area contributed by atoms with E-state index in [0.29, 0.717) is 25.9 Å². The highest BCUT2D eigenvalue weighted by Crippen LogP contribution is 1.90. The van der Waals surface area contributed by atoms with Gasteiger partial charge >= 0.3 is 0 Å². The van der Waals surface area contributed by atoms with Gasteiger partial charge in [-0.2, -0.15) is 5.26 Å². The molecule has 0 aliphatic heterocycles. The van der Waals surface area contributed by atoms with Crippen LogP contribution in [0, 0.1) is 11.3 Å². The van der Waals surface area contributed by atoms with E-state index in [-0.39, 0.29) is 6.04 Å². The van der Waals surface area contributed by atoms with Gasteiger partial charge < -0.3 is 9.47 Å². The maximum Gasteiger partial charge on any atom is 0.119 e. The van der Waals surface area contributed by atoms with Crippen LogP contribution in [0.25, 0.3) is 0 Å². The van der Waals surface area contributed by atoms with E-state index in [1.54, 1.807) is 7.11 Å². The number of rotatable bonds is 8. The van der Waals surface area contributed by atoms with Gasteiger partial charge in [0.2, 0.25) is 0 Å². The largest absolute Gasteiger partial charge is 0.385 e. The van der Waals surface area contributed by atoms with Gasteiger partial charge in [-0.3, -0.25) is 5.32 Å². The van der Waals surface area contributed by atoms with E-state index in [1.165, 1.54) is 0 Å². The molecule has 0 saturated heterocycles. The highest BCUT2D eigenvalue weighted by atomic mass is 16.5. The molecule has 0 aliphatic rings. The summed E-state index contributed by atoms with van der Waals surface area (Å²) in [5, 5.41) is 11.9. The molecular weight excluding hydrogens is 180 g/mol.